The van der Waals surface area contributed by atoms with E-state index in [4.69, 9.17) is 4.74 Å². The van der Waals surface area contributed by atoms with Gasteiger partial charge in [0.15, 0.2) is 0 Å². The van der Waals surface area contributed by atoms with Crippen LogP contribution in [0.1, 0.15) is 24.0 Å². The molecule has 2 aliphatic rings. The predicted octanol–water partition coefficient (Wildman–Crippen LogP) is 1.96. The van der Waals surface area contributed by atoms with Crippen molar-refractivity contribution in [2.75, 3.05) is 39.4 Å². The molecular weight excluding hydrogens is 462 g/mol. The van der Waals surface area contributed by atoms with Gasteiger partial charge in [0.25, 0.3) is 0 Å². The standard InChI is InChI=1S/C23H31N3O5S2/c1-19-3-2-4-20(17-19)18-25-11-9-21(10-12-25)24-32(27,28)22-5-7-23(8-6-22)33(29,30)26-13-15-31-16-14-26/h2-8,17,21,24H,9-16,18H2,1H3. The average Bonchev–Trinajstić information content (AvgIpc) is 2.81. The van der Waals surface area contributed by atoms with Gasteiger partial charge in [-0.05, 0) is 49.6 Å². The lowest BCUT2D eigenvalue weighted by Gasteiger charge is -2.32. The second-order valence-corrected chi connectivity index (χ2v) is 12.3. The third-order valence-corrected chi connectivity index (χ3v) is 9.59. The van der Waals surface area contributed by atoms with Gasteiger partial charge in [-0.3, -0.25) is 4.90 Å². The predicted molar refractivity (Wildman–Crippen MR) is 126 cm³/mol. The van der Waals surface area contributed by atoms with Crippen LogP contribution in [0.15, 0.2) is 58.3 Å². The van der Waals surface area contributed by atoms with E-state index in [0.717, 1.165) is 32.5 Å². The van der Waals surface area contributed by atoms with Gasteiger partial charge in [0, 0.05) is 38.8 Å². The Bertz CT molecular complexity index is 1150. The van der Waals surface area contributed by atoms with Crippen molar-refractivity contribution < 1.29 is 21.6 Å². The number of morpholine rings is 1. The van der Waals surface area contributed by atoms with Crippen LogP contribution in [0.3, 0.4) is 0 Å². The fraction of sp³-hybridized carbons (Fsp3) is 0.478. The summed E-state index contributed by atoms with van der Waals surface area (Å²) in [5, 5.41) is 0. The van der Waals surface area contributed by atoms with E-state index in [1.54, 1.807) is 0 Å². The molecule has 0 atom stereocenters. The molecule has 180 valence electrons. The molecule has 2 aliphatic heterocycles. The third kappa shape index (κ3) is 6.00. The maximum Gasteiger partial charge on any atom is 0.243 e. The zero-order valence-corrected chi connectivity index (χ0v) is 20.4. The molecule has 2 aromatic rings. The number of aryl methyl sites for hydroxylation is 1. The zero-order chi connectivity index (χ0) is 23.5. The van der Waals surface area contributed by atoms with Crippen LogP contribution in [0.25, 0.3) is 0 Å². The molecule has 10 heteroatoms. The van der Waals surface area contributed by atoms with Gasteiger partial charge in [-0.2, -0.15) is 4.31 Å². The number of likely N-dealkylation sites (tertiary alicyclic amines) is 1. The number of benzene rings is 2. The van der Waals surface area contributed by atoms with Gasteiger partial charge in [0.2, 0.25) is 20.0 Å². The van der Waals surface area contributed by atoms with Crippen molar-refractivity contribution in [3.63, 3.8) is 0 Å². The molecule has 0 bridgehead atoms. The van der Waals surface area contributed by atoms with Gasteiger partial charge < -0.3 is 4.74 Å². The lowest BCUT2D eigenvalue weighted by atomic mass is 10.0. The summed E-state index contributed by atoms with van der Waals surface area (Å²) in [5.74, 6) is 0. The van der Waals surface area contributed by atoms with Crippen LogP contribution < -0.4 is 4.72 Å². The summed E-state index contributed by atoms with van der Waals surface area (Å²) in [7, 11) is -7.38. The molecule has 4 rings (SSSR count). The first-order valence-corrected chi connectivity index (χ1v) is 14.1. The molecule has 2 fully saturated rings. The molecule has 1 N–H and O–H groups in total. The van der Waals surface area contributed by atoms with Gasteiger partial charge in [-0.1, -0.05) is 29.8 Å². The highest BCUT2D eigenvalue weighted by molar-refractivity contribution is 7.89. The van der Waals surface area contributed by atoms with E-state index in [1.165, 1.54) is 39.7 Å². The van der Waals surface area contributed by atoms with Crippen molar-refractivity contribution in [2.24, 2.45) is 0 Å². The number of sulfonamides is 2. The van der Waals surface area contributed by atoms with Crippen LogP contribution in [0.4, 0.5) is 0 Å². The number of ether oxygens (including phenoxy) is 1. The number of hydrogen-bond acceptors (Lipinski definition) is 6. The quantitative estimate of drug-likeness (QED) is 0.634. The maximum absolute atomic E-state index is 12.9. The van der Waals surface area contributed by atoms with E-state index in [0.29, 0.717) is 26.3 Å². The van der Waals surface area contributed by atoms with Crippen molar-refractivity contribution in [1.82, 2.24) is 13.9 Å². The first-order chi connectivity index (χ1) is 15.7. The smallest absolute Gasteiger partial charge is 0.243 e. The second kappa shape index (κ2) is 10.2. The van der Waals surface area contributed by atoms with Crippen molar-refractivity contribution in [1.29, 1.82) is 0 Å². The Kier molecular flexibility index (Phi) is 7.52. The van der Waals surface area contributed by atoms with E-state index in [-0.39, 0.29) is 15.8 Å². The lowest BCUT2D eigenvalue weighted by Crippen LogP contribution is -2.44. The highest BCUT2D eigenvalue weighted by Gasteiger charge is 2.28. The number of nitrogens with one attached hydrogen (secondary N) is 1. The van der Waals surface area contributed by atoms with E-state index >= 15 is 0 Å². The maximum atomic E-state index is 12.9. The summed E-state index contributed by atoms with van der Waals surface area (Å²) in [6, 6.07) is 13.7. The van der Waals surface area contributed by atoms with E-state index in [2.05, 4.69) is 40.8 Å². The lowest BCUT2D eigenvalue weighted by molar-refractivity contribution is 0.0730. The zero-order valence-electron chi connectivity index (χ0n) is 18.8. The van der Waals surface area contributed by atoms with Crippen molar-refractivity contribution in [2.45, 2.75) is 42.1 Å². The minimum atomic E-state index is -3.73. The van der Waals surface area contributed by atoms with Crippen molar-refractivity contribution in [3.05, 3.63) is 59.7 Å². The van der Waals surface area contributed by atoms with Gasteiger partial charge in [0.1, 0.15) is 0 Å². The topological polar surface area (TPSA) is 96.0 Å². The molecule has 0 amide bonds. The van der Waals surface area contributed by atoms with Crippen LogP contribution in [-0.4, -0.2) is 71.5 Å². The summed E-state index contributed by atoms with van der Waals surface area (Å²) >= 11 is 0. The summed E-state index contributed by atoms with van der Waals surface area (Å²) in [4.78, 5) is 2.50. The summed E-state index contributed by atoms with van der Waals surface area (Å²) in [6.07, 6.45) is 1.46. The molecular formula is C23H31N3O5S2. The summed E-state index contributed by atoms with van der Waals surface area (Å²) < 4.78 is 60.6. The van der Waals surface area contributed by atoms with Gasteiger partial charge in [-0.15, -0.1) is 0 Å². The Labute approximate surface area is 196 Å². The monoisotopic (exact) mass is 493 g/mol. The minimum Gasteiger partial charge on any atom is -0.379 e. The molecule has 2 heterocycles. The van der Waals surface area contributed by atoms with Gasteiger partial charge in [0.05, 0.1) is 23.0 Å². The molecule has 2 saturated heterocycles. The highest BCUT2D eigenvalue weighted by Crippen LogP contribution is 2.21. The van der Waals surface area contributed by atoms with Crippen LogP contribution in [0.2, 0.25) is 0 Å². The van der Waals surface area contributed by atoms with E-state index in [9.17, 15) is 16.8 Å². The Morgan fingerprint density at radius 3 is 2.18 bits per heavy atom. The van der Waals surface area contributed by atoms with Gasteiger partial charge in [-0.25, -0.2) is 21.6 Å². The molecule has 0 unspecified atom stereocenters. The van der Waals surface area contributed by atoms with Crippen LogP contribution >= 0.6 is 0 Å². The van der Waals surface area contributed by atoms with Gasteiger partial charge >= 0.3 is 0 Å². The SMILES string of the molecule is Cc1cccc(CN2CCC(NS(=O)(=O)c3ccc(S(=O)(=O)N4CCOCC4)cc3)CC2)c1. The van der Waals surface area contributed by atoms with Crippen LogP contribution in [0, 0.1) is 6.92 Å². The molecule has 0 spiro atoms. The third-order valence-electron chi connectivity index (χ3n) is 6.14. The molecule has 0 saturated carbocycles. The first kappa shape index (κ1) is 24.3. The molecule has 2 aromatic carbocycles. The van der Waals surface area contributed by atoms with Crippen LogP contribution in [0.5, 0.6) is 0 Å². The fourth-order valence-corrected chi connectivity index (χ4v) is 7.00. The summed E-state index contributed by atoms with van der Waals surface area (Å²) in [5.41, 5.74) is 2.50. The molecule has 0 radical (unpaired) electrons. The molecule has 0 aliphatic carbocycles. The van der Waals surface area contributed by atoms with Crippen molar-refractivity contribution >= 4 is 20.0 Å². The van der Waals surface area contributed by atoms with E-state index < -0.39 is 20.0 Å². The summed E-state index contributed by atoms with van der Waals surface area (Å²) in [6.45, 7) is 5.89. The fourth-order valence-electron chi connectivity index (χ4n) is 4.29. The molecule has 0 aromatic heterocycles. The second-order valence-electron chi connectivity index (χ2n) is 8.65. The number of hydrogen-bond donors (Lipinski definition) is 1. The number of piperidine rings is 1. The first-order valence-electron chi connectivity index (χ1n) is 11.2. The van der Waals surface area contributed by atoms with E-state index in [1.807, 2.05) is 0 Å². The molecule has 8 nitrogen and oxygen atoms in total. The number of nitrogens with zero attached hydrogens (tertiary/aromatic N) is 2. The van der Waals surface area contributed by atoms with Crippen molar-refractivity contribution in [3.8, 4) is 0 Å². The Morgan fingerprint density at radius 2 is 1.55 bits per heavy atom. The highest BCUT2D eigenvalue weighted by atomic mass is 32.2. The average molecular weight is 494 g/mol. The Hall–Kier alpha value is -1.82. The number of rotatable bonds is 7. The largest absolute Gasteiger partial charge is 0.379 e. The van der Waals surface area contributed by atoms with Crippen LogP contribution in [-0.2, 0) is 31.3 Å². The Morgan fingerprint density at radius 1 is 0.909 bits per heavy atom. The normalized spacial score (nSPS) is 19.5. The Balaban J connectivity index is 1.34. The minimum absolute atomic E-state index is 0.0746. The molecule has 33 heavy (non-hydrogen) atoms.